The Morgan fingerprint density at radius 2 is 0.885 bits per heavy atom. The average molecular weight is 370 g/mol. The van der Waals surface area contributed by atoms with Gasteiger partial charge in [0.25, 0.3) is 0 Å². The molecule has 0 aliphatic carbocycles. The second-order valence-corrected chi connectivity index (χ2v) is 4.02. The van der Waals surface area contributed by atoms with Crippen LogP contribution < -0.4 is 41.9 Å². The van der Waals surface area contributed by atoms with Gasteiger partial charge in [0.1, 0.15) is 0 Å². The van der Waals surface area contributed by atoms with E-state index in [4.69, 9.17) is 35.2 Å². The molecule has 0 aromatic carbocycles. The van der Waals surface area contributed by atoms with Crippen LogP contribution in [0.4, 0.5) is 16.7 Å². The van der Waals surface area contributed by atoms with E-state index in [9.17, 15) is 0 Å². The van der Waals surface area contributed by atoms with Crippen LogP contribution in [0.2, 0.25) is 0 Å². The highest BCUT2D eigenvalue weighted by molar-refractivity contribution is 5.69. The number of carbonyl (C=O) groups excluding carboxylic acids is 1. The van der Waals surface area contributed by atoms with Gasteiger partial charge in [0.15, 0.2) is 0 Å². The number of aromatic nitrogens is 4. The lowest BCUT2D eigenvalue weighted by molar-refractivity contribution is 0.256. The number of ether oxygens (including phenoxy) is 4. The van der Waals surface area contributed by atoms with Crippen molar-refractivity contribution in [3.05, 3.63) is 12.1 Å². The molecule has 8 N–H and O–H groups in total. The summed E-state index contributed by atoms with van der Waals surface area (Å²) in [5.41, 5.74) is 19.2. The summed E-state index contributed by atoms with van der Waals surface area (Å²) < 4.78 is 19.3. The standard InChI is InChI=1S/2C6H9N3O2.CH4N2O/c2*1-10-4-3-5(11-2)9-6(7)8-4;2-1(3)4/h2*3H,1-2H3,(H2,7,8,9);(H4,2,3,4). The largest absolute Gasteiger partial charge is 0.481 e. The van der Waals surface area contributed by atoms with Gasteiger partial charge in [-0.15, -0.1) is 0 Å². The van der Waals surface area contributed by atoms with Crippen LogP contribution in [0.25, 0.3) is 0 Å². The number of carbonyl (C=O) groups is 1. The van der Waals surface area contributed by atoms with E-state index < -0.39 is 6.03 Å². The van der Waals surface area contributed by atoms with Crippen LogP contribution in [0.5, 0.6) is 23.5 Å². The lowest BCUT2D eigenvalue weighted by atomic mass is 10.6. The smallest absolute Gasteiger partial charge is 0.309 e. The Balaban J connectivity index is 0.000000401. The third-order valence-electron chi connectivity index (χ3n) is 2.23. The van der Waals surface area contributed by atoms with Crippen LogP contribution in [-0.4, -0.2) is 54.4 Å². The highest BCUT2D eigenvalue weighted by Gasteiger charge is 2.01. The zero-order valence-corrected chi connectivity index (χ0v) is 14.8. The van der Waals surface area contributed by atoms with Crippen molar-refractivity contribution in [3.8, 4) is 23.5 Å². The normalized spacial score (nSPS) is 8.77. The number of nitrogens with zero attached hydrogens (tertiary/aromatic N) is 4. The van der Waals surface area contributed by atoms with Crippen LogP contribution in [0.15, 0.2) is 12.1 Å². The van der Waals surface area contributed by atoms with Crippen molar-refractivity contribution in [2.75, 3.05) is 39.9 Å². The molecule has 0 unspecified atom stereocenters. The van der Waals surface area contributed by atoms with Crippen LogP contribution in [0, 0.1) is 0 Å². The minimum Gasteiger partial charge on any atom is -0.481 e. The summed E-state index contributed by atoms with van der Waals surface area (Å²) in [6, 6.07) is 2.27. The first-order valence-corrected chi connectivity index (χ1v) is 6.75. The molecule has 144 valence electrons. The Labute approximate surface area is 149 Å². The van der Waals surface area contributed by atoms with Gasteiger partial charge in [0.05, 0.1) is 40.6 Å². The number of nitrogens with two attached hydrogens (primary N) is 4. The van der Waals surface area contributed by atoms with Crippen LogP contribution >= 0.6 is 0 Å². The van der Waals surface area contributed by atoms with Gasteiger partial charge in [-0.3, -0.25) is 0 Å². The molecule has 2 amide bonds. The minimum absolute atomic E-state index is 0.140. The molecule has 0 spiro atoms. The molecule has 0 radical (unpaired) electrons. The lowest BCUT2D eigenvalue weighted by Gasteiger charge is -2.02. The third-order valence-corrected chi connectivity index (χ3v) is 2.23. The van der Waals surface area contributed by atoms with E-state index in [2.05, 4.69) is 31.4 Å². The molecule has 0 atom stereocenters. The molecule has 0 aliphatic rings. The van der Waals surface area contributed by atoms with Crippen molar-refractivity contribution >= 4 is 17.9 Å². The Morgan fingerprint density at radius 1 is 0.692 bits per heavy atom. The van der Waals surface area contributed by atoms with Crippen LogP contribution in [0.1, 0.15) is 0 Å². The summed E-state index contributed by atoms with van der Waals surface area (Å²) in [6.07, 6.45) is 0. The zero-order valence-electron chi connectivity index (χ0n) is 14.8. The van der Waals surface area contributed by atoms with Crippen LogP contribution in [-0.2, 0) is 0 Å². The SMILES string of the molecule is COc1cc(OC)nc(N)n1.COc1cc(OC)nc(N)n1.NC(N)=O. The van der Waals surface area contributed by atoms with Gasteiger partial charge >= 0.3 is 6.03 Å². The molecule has 0 saturated carbocycles. The van der Waals surface area contributed by atoms with Crippen molar-refractivity contribution in [2.24, 2.45) is 11.5 Å². The molecule has 0 fully saturated rings. The van der Waals surface area contributed by atoms with Gasteiger partial charge in [-0.1, -0.05) is 0 Å². The fourth-order valence-corrected chi connectivity index (χ4v) is 1.26. The minimum atomic E-state index is -0.833. The van der Waals surface area contributed by atoms with Crippen molar-refractivity contribution in [3.63, 3.8) is 0 Å². The fourth-order valence-electron chi connectivity index (χ4n) is 1.26. The molecule has 0 saturated heterocycles. The summed E-state index contributed by atoms with van der Waals surface area (Å²) in [5.74, 6) is 1.87. The first-order chi connectivity index (χ1) is 12.2. The molecule has 13 heteroatoms. The molecule has 2 aromatic rings. The molecule has 0 aliphatic heterocycles. The second-order valence-electron chi connectivity index (χ2n) is 4.02. The number of methoxy groups -OCH3 is 4. The van der Waals surface area contributed by atoms with Gasteiger partial charge in [-0.05, 0) is 0 Å². The molecule has 0 bridgehead atoms. The van der Waals surface area contributed by atoms with Crippen LogP contribution in [0.3, 0.4) is 0 Å². The van der Waals surface area contributed by atoms with E-state index in [1.807, 2.05) is 0 Å². The number of rotatable bonds is 4. The first kappa shape index (κ1) is 22.2. The monoisotopic (exact) mass is 370 g/mol. The van der Waals surface area contributed by atoms with E-state index in [1.165, 1.54) is 28.4 Å². The Hall–Kier alpha value is -3.77. The van der Waals surface area contributed by atoms with E-state index in [1.54, 1.807) is 12.1 Å². The highest BCUT2D eigenvalue weighted by atomic mass is 16.5. The number of hydrogen-bond donors (Lipinski definition) is 4. The first-order valence-electron chi connectivity index (χ1n) is 6.75. The maximum absolute atomic E-state index is 9.00. The number of nitrogen functional groups attached to an aromatic ring is 2. The summed E-state index contributed by atoms with van der Waals surface area (Å²) in [7, 11) is 6.00. The van der Waals surface area contributed by atoms with E-state index in [-0.39, 0.29) is 11.9 Å². The third kappa shape index (κ3) is 9.39. The molecule has 13 nitrogen and oxygen atoms in total. The van der Waals surface area contributed by atoms with E-state index in [0.717, 1.165) is 0 Å². The van der Waals surface area contributed by atoms with Gasteiger partial charge in [-0.25, -0.2) is 4.79 Å². The van der Waals surface area contributed by atoms with Crippen molar-refractivity contribution in [2.45, 2.75) is 0 Å². The number of amides is 2. The Morgan fingerprint density at radius 3 is 1.04 bits per heavy atom. The zero-order chi connectivity index (χ0) is 20.1. The lowest BCUT2D eigenvalue weighted by Crippen LogP contribution is -2.18. The molecule has 2 aromatic heterocycles. The summed E-state index contributed by atoms with van der Waals surface area (Å²) >= 11 is 0. The highest BCUT2D eigenvalue weighted by Crippen LogP contribution is 2.15. The van der Waals surface area contributed by atoms with E-state index >= 15 is 0 Å². The van der Waals surface area contributed by atoms with Crippen molar-refractivity contribution in [1.29, 1.82) is 0 Å². The molecule has 26 heavy (non-hydrogen) atoms. The predicted molar refractivity (Wildman–Crippen MR) is 92.9 cm³/mol. The Kier molecular flexibility index (Phi) is 10.0. The quantitative estimate of drug-likeness (QED) is 0.522. The number of primary amides is 2. The van der Waals surface area contributed by atoms with Gasteiger partial charge in [0, 0.05) is 0 Å². The maximum Gasteiger partial charge on any atom is 0.309 e. The molecular formula is C13H22N8O5. The predicted octanol–water partition coefficient (Wildman–Crippen LogP) is -0.824. The average Bonchev–Trinajstić information content (AvgIpc) is 2.60. The number of hydrogen-bond acceptors (Lipinski definition) is 11. The van der Waals surface area contributed by atoms with E-state index in [0.29, 0.717) is 23.5 Å². The summed E-state index contributed by atoms with van der Waals surface area (Å²) in [4.78, 5) is 24.1. The fraction of sp³-hybridized carbons (Fsp3) is 0.308. The molecular weight excluding hydrogens is 348 g/mol. The van der Waals surface area contributed by atoms with Crippen molar-refractivity contribution < 1.29 is 23.7 Å². The number of anilines is 2. The van der Waals surface area contributed by atoms with Gasteiger partial charge in [-0.2, -0.15) is 19.9 Å². The van der Waals surface area contributed by atoms with Crippen molar-refractivity contribution in [1.82, 2.24) is 19.9 Å². The topological polar surface area (TPSA) is 210 Å². The Bertz CT molecular complexity index is 598. The van der Waals surface area contributed by atoms with Gasteiger partial charge < -0.3 is 41.9 Å². The van der Waals surface area contributed by atoms with Gasteiger partial charge in [0.2, 0.25) is 35.4 Å². The second kappa shape index (κ2) is 11.7. The molecule has 2 heterocycles. The number of urea groups is 1. The maximum atomic E-state index is 9.00. The summed E-state index contributed by atoms with van der Waals surface area (Å²) in [5, 5.41) is 0. The molecule has 2 rings (SSSR count). The summed E-state index contributed by atoms with van der Waals surface area (Å²) in [6.45, 7) is 0.